The van der Waals surface area contributed by atoms with Crippen LogP contribution in [0.25, 0.3) is 5.82 Å². The van der Waals surface area contributed by atoms with Gasteiger partial charge in [-0.05, 0) is 56.3 Å². The third-order valence-corrected chi connectivity index (χ3v) is 5.53. The number of hydrogen-bond acceptors (Lipinski definition) is 5. The second-order valence-corrected chi connectivity index (χ2v) is 7.63. The predicted molar refractivity (Wildman–Crippen MR) is 103 cm³/mol. The normalized spacial score (nSPS) is 23.4. The minimum atomic E-state index is 0.0183. The molecule has 2 unspecified atom stereocenters. The Balaban J connectivity index is 1.26. The van der Waals surface area contributed by atoms with E-state index in [1.165, 1.54) is 18.4 Å². The number of carbonyl (C=O) groups excluding carboxylic acids is 1. The molecule has 4 rings (SSSR count). The molecule has 7 heteroatoms. The summed E-state index contributed by atoms with van der Waals surface area (Å²) in [4.78, 5) is 23.3. The average molecular weight is 368 g/mol. The van der Waals surface area contributed by atoms with Crippen LogP contribution in [0.3, 0.4) is 0 Å². The van der Waals surface area contributed by atoms with Crippen molar-refractivity contribution in [2.24, 2.45) is 5.92 Å². The number of nitrogens with one attached hydrogen (secondary N) is 2. The van der Waals surface area contributed by atoms with Gasteiger partial charge in [0.1, 0.15) is 12.1 Å². The number of amides is 1. The van der Waals surface area contributed by atoms with Crippen molar-refractivity contribution in [3.8, 4) is 5.82 Å². The molecule has 2 aromatic heterocycles. The van der Waals surface area contributed by atoms with Gasteiger partial charge < -0.3 is 10.6 Å². The Bertz CT molecular complexity index is 723. The van der Waals surface area contributed by atoms with Gasteiger partial charge in [0, 0.05) is 38.2 Å². The van der Waals surface area contributed by atoms with Crippen LogP contribution in [0.1, 0.15) is 31.2 Å². The highest BCUT2D eigenvalue weighted by atomic mass is 16.2. The Hall–Kier alpha value is -2.25. The van der Waals surface area contributed by atoms with Crippen molar-refractivity contribution in [2.45, 2.75) is 38.3 Å². The standard InChI is InChI=1S/C20H28N6O/c27-20(18-4-1-7-22-18)24-12-16-3-2-9-25(13-16)14-17-5-6-19(23-11-17)26-10-8-21-15-26/h5-6,8,10-11,15-16,18,22H,1-4,7,9,12-14H2,(H,24,27). The number of carbonyl (C=O) groups is 1. The van der Waals surface area contributed by atoms with Crippen LogP contribution in [0.2, 0.25) is 0 Å². The Morgan fingerprint density at radius 2 is 2.26 bits per heavy atom. The minimum Gasteiger partial charge on any atom is -0.354 e. The Morgan fingerprint density at radius 1 is 1.30 bits per heavy atom. The van der Waals surface area contributed by atoms with Gasteiger partial charge in [0.25, 0.3) is 0 Å². The van der Waals surface area contributed by atoms with Crippen LogP contribution in [0.4, 0.5) is 0 Å². The number of imidazole rings is 1. The fraction of sp³-hybridized carbons (Fsp3) is 0.550. The van der Waals surface area contributed by atoms with Crippen molar-refractivity contribution >= 4 is 5.91 Å². The molecule has 0 aliphatic carbocycles. The molecule has 1 amide bonds. The summed E-state index contributed by atoms with van der Waals surface area (Å²) in [6.45, 7) is 4.79. The maximum atomic E-state index is 12.2. The first-order valence-electron chi connectivity index (χ1n) is 9.94. The van der Waals surface area contributed by atoms with E-state index in [1.54, 1.807) is 12.5 Å². The highest BCUT2D eigenvalue weighted by Gasteiger charge is 2.24. The van der Waals surface area contributed by atoms with Crippen LogP contribution in [-0.2, 0) is 11.3 Å². The van der Waals surface area contributed by atoms with Crippen molar-refractivity contribution in [2.75, 3.05) is 26.2 Å². The van der Waals surface area contributed by atoms with Crippen molar-refractivity contribution in [1.29, 1.82) is 0 Å². The number of likely N-dealkylation sites (tertiary alicyclic amines) is 1. The lowest BCUT2D eigenvalue weighted by molar-refractivity contribution is -0.123. The Labute approximate surface area is 160 Å². The molecule has 0 aromatic carbocycles. The van der Waals surface area contributed by atoms with Crippen molar-refractivity contribution in [1.82, 2.24) is 30.1 Å². The topological polar surface area (TPSA) is 75.1 Å². The van der Waals surface area contributed by atoms with E-state index < -0.39 is 0 Å². The second-order valence-electron chi connectivity index (χ2n) is 7.63. The summed E-state index contributed by atoms with van der Waals surface area (Å²) in [5.74, 6) is 1.59. The summed E-state index contributed by atoms with van der Waals surface area (Å²) < 4.78 is 1.91. The zero-order chi connectivity index (χ0) is 18.5. The van der Waals surface area contributed by atoms with Crippen LogP contribution in [0, 0.1) is 5.92 Å². The first-order valence-corrected chi connectivity index (χ1v) is 9.94. The van der Waals surface area contributed by atoms with E-state index in [-0.39, 0.29) is 11.9 Å². The Kier molecular flexibility index (Phi) is 5.79. The van der Waals surface area contributed by atoms with Gasteiger partial charge in [0.2, 0.25) is 5.91 Å². The monoisotopic (exact) mass is 368 g/mol. The number of pyridine rings is 1. The van der Waals surface area contributed by atoms with Crippen LogP contribution < -0.4 is 10.6 Å². The number of nitrogens with zero attached hydrogens (tertiary/aromatic N) is 4. The van der Waals surface area contributed by atoms with E-state index >= 15 is 0 Å². The van der Waals surface area contributed by atoms with E-state index in [2.05, 4.69) is 31.6 Å². The van der Waals surface area contributed by atoms with Crippen LogP contribution in [0.5, 0.6) is 0 Å². The Morgan fingerprint density at radius 3 is 3.00 bits per heavy atom. The molecule has 2 aliphatic heterocycles. The van der Waals surface area contributed by atoms with Gasteiger partial charge in [-0.2, -0.15) is 0 Å². The zero-order valence-electron chi connectivity index (χ0n) is 15.7. The van der Waals surface area contributed by atoms with E-state index in [0.717, 1.165) is 51.4 Å². The molecule has 0 radical (unpaired) electrons. The van der Waals surface area contributed by atoms with Gasteiger partial charge in [-0.1, -0.05) is 6.07 Å². The smallest absolute Gasteiger partial charge is 0.237 e. The van der Waals surface area contributed by atoms with Gasteiger partial charge in [-0.25, -0.2) is 9.97 Å². The van der Waals surface area contributed by atoms with E-state index in [9.17, 15) is 4.79 Å². The molecule has 2 aromatic rings. The number of aromatic nitrogens is 3. The number of piperidine rings is 1. The lowest BCUT2D eigenvalue weighted by Crippen LogP contribution is -2.45. The third-order valence-electron chi connectivity index (χ3n) is 5.53. The van der Waals surface area contributed by atoms with Crippen LogP contribution in [0.15, 0.2) is 37.1 Å². The first kappa shape index (κ1) is 18.1. The van der Waals surface area contributed by atoms with Gasteiger partial charge >= 0.3 is 0 Å². The SMILES string of the molecule is O=C(NCC1CCCN(Cc2ccc(-n3ccnc3)nc2)C1)C1CCCN1. The summed E-state index contributed by atoms with van der Waals surface area (Å²) in [5, 5.41) is 6.42. The molecule has 27 heavy (non-hydrogen) atoms. The van der Waals surface area contributed by atoms with E-state index in [4.69, 9.17) is 0 Å². The molecule has 0 bridgehead atoms. The zero-order valence-corrected chi connectivity index (χ0v) is 15.7. The number of rotatable bonds is 6. The van der Waals surface area contributed by atoms with Crippen molar-refractivity contribution in [3.05, 3.63) is 42.6 Å². The molecule has 2 saturated heterocycles. The van der Waals surface area contributed by atoms with Crippen LogP contribution in [-0.4, -0.2) is 57.6 Å². The maximum Gasteiger partial charge on any atom is 0.237 e. The second kappa shape index (κ2) is 8.63. The lowest BCUT2D eigenvalue weighted by Gasteiger charge is -2.33. The predicted octanol–water partition coefficient (Wildman–Crippen LogP) is 1.35. The van der Waals surface area contributed by atoms with Gasteiger partial charge in [-0.15, -0.1) is 0 Å². The summed E-state index contributed by atoms with van der Waals surface area (Å²) in [7, 11) is 0. The largest absolute Gasteiger partial charge is 0.354 e. The minimum absolute atomic E-state index is 0.0183. The maximum absolute atomic E-state index is 12.2. The molecule has 4 heterocycles. The van der Waals surface area contributed by atoms with Gasteiger partial charge in [0.15, 0.2) is 0 Å². The van der Waals surface area contributed by atoms with E-state index in [1.807, 2.05) is 23.0 Å². The molecule has 2 aliphatic rings. The van der Waals surface area contributed by atoms with Gasteiger partial charge in [-0.3, -0.25) is 14.3 Å². The quantitative estimate of drug-likeness (QED) is 0.805. The summed E-state index contributed by atoms with van der Waals surface area (Å²) in [6.07, 6.45) is 11.8. The molecule has 2 N–H and O–H groups in total. The molecular weight excluding hydrogens is 340 g/mol. The average Bonchev–Trinajstić information content (AvgIpc) is 3.41. The first-order chi connectivity index (χ1) is 13.3. The third kappa shape index (κ3) is 4.73. The molecule has 2 atom stereocenters. The molecule has 0 spiro atoms. The summed E-state index contributed by atoms with van der Waals surface area (Å²) >= 11 is 0. The van der Waals surface area contributed by atoms with E-state index in [0.29, 0.717) is 5.92 Å². The number of hydrogen-bond donors (Lipinski definition) is 2. The molecule has 0 saturated carbocycles. The summed E-state index contributed by atoms with van der Waals surface area (Å²) in [6, 6.07) is 4.19. The van der Waals surface area contributed by atoms with Crippen molar-refractivity contribution in [3.63, 3.8) is 0 Å². The lowest BCUT2D eigenvalue weighted by atomic mass is 9.97. The summed E-state index contributed by atoms with van der Waals surface area (Å²) in [5.41, 5.74) is 1.22. The molecule has 144 valence electrons. The molecule has 2 fully saturated rings. The van der Waals surface area contributed by atoms with Crippen LogP contribution >= 0.6 is 0 Å². The van der Waals surface area contributed by atoms with Crippen molar-refractivity contribution < 1.29 is 4.79 Å². The highest BCUT2D eigenvalue weighted by Crippen LogP contribution is 2.18. The molecular formula is C20H28N6O. The molecule has 7 nitrogen and oxygen atoms in total. The van der Waals surface area contributed by atoms with Gasteiger partial charge in [0.05, 0.1) is 6.04 Å². The fourth-order valence-corrected chi connectivity index (χ4v) is 4.05. The highest BCUT2D eigenvalue weighted by molar-refractivity contribution is 5.81. The fourth-order valence-electron chi connectivity index (χ4n) is 4.05.